The molecule has 1 aliphatic heterocycles. The van der Waals surface area contributed by atoms with Gasteiger partial charge in [0.2, 0.25) is 10.0 Å². The molecule has 1 atom stereocenters. The molecule has 0 aliphatic carbocycles. The van der Waals surface area contributed by atoms with E-state index in [4.69, 9.17) is 5.73 Å². The zero-order valence-electron chi connectivity index (χ0n) is 9.93. The van der Waals surface area contributed by atoms with Gasteiger partial charge in [0, 0.05) is 23.2 Å². The quantitative estimate of drug-likeness (QED) is 0.793. The van der Waals surface area contributed by atoms with Crippen molar-refractivity contribution in [1.29, 1.82) is 0 Å². The highest BCUT2D eigenvalue weighted by Gasteiger charge is 2.33. The zero-order chi connectivity index (χ0) is 13.5. The molecule has 1 saturated heterocycles. The standard InChI is InChI=1S/C11H15BrN2O3S/c1-7-10(13)4-8(12)5-11(7)18(16,17)14-3-2-9(15)6-14/h4-5,9,15H,2-3,6,13H2,1H3/t9-/m1/s1. The Kier molecular flexibility index (Phi) is 3.68. The highest BCUT2D eigenvalue weighted by atomic mass is 79.9. The van der Waals surface area contributed by atoms with E-state index in [9.17, 15) is 13.5 Å². The molecule has 1 aliphatic rings. The van der Waals surface area contributed by atoms with Crippen molar-refractivity contribution in [2.45, 2.75) is 24.3 Å². The van der Waals surface area contributed by atoms with Gasteiger partial charge in [-0.1, -0.05) is 15.9 Å². The van der Waals surface area contributed by atoms with E-state index in [1.165, 1.54) is 4.31 Å². The molecular formula is C11H15BrN2O3S. The molecule has 18 heavy (non-hydrogen) atoms. The number of nitrogens with two attached hydrogens (primary N) is 1. The highest BCUT2D eigenvalue weighted by molar-refractivity contribution is 9.10. The molecule has 0 unspecified atom stereocenters. The van der Waals surface area contributed by atoms with E-state index in [2.05, 4.69) is 15.9 Å². The van der Waals surface area contributed by atoms with Crippen LogP contribution in [-0.2, 0) is 10.0 Å². The number of halogens is 1. The number of nitrogens with zero attached hydrogens (tertiary/aromatic N) is 1. The Labute approximate surface area is 115 Å². The molecule has 1 aromatic rings. The average Bonchev–Trinajstić information content (AvgIpc) is 2.70. The van der Waals surface area contributed by atoms with Crippen LogP contribution in [0, 0.1) is 6.92 Å². The highest BCUT2D eigenvalue weighted by Crippen LogP contribution is 2.30. The summed E-state index contributed by atoms with van der Waals surface area (Å²) in [6, 6.07) is 3.22. The number of hydrogen-bond acceptors (Lipinski definition) is 4. The Bertz CT molecular complexity index is 574. The minimum atomic E-state index is -3.58. The zero-order valence-corrected chi connectivity index (χ0v) is 12.3. The van der Waals surface area contributed by atoms with E-state index in [-0.39, 0.29) is 11.4 Å². The Morgan fingerprint density at radius 1 is 1.50 bits per heavy atom. The molecule has 0 bridgehead atoms. The summed E-state index contributed by atoms with van der Waals surface area (Å²) >= 11 is 3.25. The van der Waals surface area contributed by atoms with Crippen LogP contribution >= 0.6 is 15.9 Å². The Hall–Kier alpha value is -0.630. The summed E-state index contributed by atoms with van der Waals surface area (Å²) < 4.78 is 26.8. The van der Waals surface area contributed by atoms with Crippen LogP contribution in [0.15, 0.2) is 21.5 Å². The maximum absolute atomic E-state index is 12.4. The number of anilines is 1. The lowest BCUT2D eigenvalue weighted by Crippen LogP contribution is -2.30. The second-order valence-corrected chi connectivity index (χ2v) is 7.25. The monoisotopic (exact) mass is 334 g/mol. The van der Waals surface area contributed by atoms with Gasteiger partial charge >= 0.3 is 0 Å². The summed E-state index contributed by atoms with van der Waals surface area (Å²) in [4.78, 5) is 0.198. The minimum absolute atomic E-state index is 0.147. The van der Waals surface area contributed by atoms with Gasteiger partial charge in [0.05, 0.1) is 11.0 Å². The maximum Gasteiger partial charge on any atom is 0.243 e. The van der Waals surface area contributed by atoms with Crippen LogP contribution in [0.25, 0.3) is 0 Å². The van der Waals surface area contributed by atoms with Crippen LogP contribution in [0.3, 0.4) is 0 Å². The van der Waals surface area contributed by atoms with E-state index >= 15 is 0 Å². The van der Waals surface area contributed by atoms with Gasteiger partial charge in [-0.15, -0.1) is 0 Å². The third kappa shape index (κ3) is 2.40. The molecule has 3 N–H and O–H groups in total. The molecule has 100 valence electrons. The molecule has 0 radical (unpaired) electrons. The predicted molar refractivity (Wildman–Crippen MR) is 72.7 cm³/mol. The second-order valence-electron chi connectivity index (χ2n) is 4.42. The van der Waals surface area contributed by atoms with Crippen molar-refractivity contribution in [3.05, 3.63) is 22.2 Å². The molecule has 0 aromatic heterocycles. The molecular weight excluding hydrogens is 320 g/mol. The van der Waals surface area contributed by atoms with E-state index in [1.54, 1.807) is 19.1 Å². The third-order valence-corrected chi connectivity index (χ3v) is 5.56. The summed E-state index contributed by atoms with van der Waals surface area (Å²) in [7, 11) is -3.58. The predicted octanol–water partition coefficient (Wildman–Crippen LogP) is 1.10. The molecule has 7 heteroatoms. The van der Waals surface area contributed by atoms with Gasteiger partial charge in [-0.2, -0.15) is 4.31 Å². The second kappa shape index (κ2) is 4.80. The Morgan fingerprint density at radius 2 is 2.17 bits per heavy atom. The number of benzene rings is 1. The van der Waals surface area contributed by atoms with Gasteiger partial charge in [0.25, 0.3) is 0 Å². The van der Waals surface area contributed by atoms with Gasteiger partial charge in [0.1, 0.15) is 0 Å². The van der Waals surface area contributed by atoms with Crippen molar-refractivity contribution in [3.8, 4) is 0 Å². The summed E-state index contributed by atoms with van der Waals surface area (Å²) in [5.41, 5.74) is 6.76. The van der Waals surface area contributed by atoms with Crippen LogP contribution in [0.2, 0.25) is 0 Å². The van der Waals surface area contributed by atoms with Crippen molar-refractivity contribution in [3.63, 3.8) is 0 Å². The Balaban J connectivity index is 2.48. The fraction of sp³-hybridized carbons (Fsp3) is 0.455. The first kappa shape index (κ1) is 13.8. The van der Waals surface area contributed by atoms with E-state index in [1.807, 2.05) is 0 Å². The van der Waals surface area contributed by atoms with Crippen molar-refractivity contribution in [2.75, 3.05) is 18.8 Å². The molecule has 2 rings (SSSR count). The molecule has 0 amide bonds. The number of hydrogen-bond donors (Lipinski definition) is 2. The first-order chi connectivity index (χ1) is 8.32. The van der Waals surface area contributed by atoms with E-state index in [0.717, 1.165) is 0 Å². The van der Waals surface area contributed by atoms with Crippen molar-refractivity contribution in [1.82, 2.24) is 4.31 Å². The van der Waals surface area contributed by atoms with Gasteiger partial charge in [-0.05, 0) is 31.0 Å². The number of nitrogen functional groups attached to an aromatic ring is 1. The summed E-state index contributed by atoms with van der Waals surface area (Å²) in [5, 5.41) is 9.45. The van der Waals surface area contributed by atoms with Crippen molar-refractivity contribution in [2.24, 2.45) is 0 Å². The average molecular weight is 335 g/mol. The maximum atomic E-state index is 12.4. The van der Waals surface area contributed by atoms with Gasteiger partial charge in [0.15, 0.2) is 0 Å². The Morgan fingerprint density at radius 3 is 2.72 bits per heavy atom. The largest absolute Gasteiger partial charge is 0.398 e. The lowest BCUT2D eigenvalue weighted by atomic mass is 10.2. The first-order valence-electron chi connectivity index (χ1n) is 5.56. The SMILES string of the molecule is Cc1c(N)cc(Br)cc1S(=O)(=O)N1CC[C@@H](O)C1. The van der Waals surface area contributed by atoms with Crippen LogP contribution in [0.1, 0.15) is 12.0 Å². The molecule has 0 spiro atoms. The van der Waals surface area contributed by atoms with E-state index < -0.39 is 16.1 Å². The summed E-state index contributed by atoms with van der Waals surface area (Å²) in [6.07, 6.45) is -0.105. The smallest absolute Gasteiger partial charge is 0.243 e. The normalized spacial score (nSPS) is 21.4. The number of aliphatic hydroxyl groups excluding tert-OH is 1. The topological polar surface area (TPSA) is 83.6 Å². The minimum Gasteiger partial charge on any atom is -0.398 e. The molecule has 1 fully saturated rings. The van der Waals surface area contributed by atoms with Gasteiger partial charge < -0.3 is 10.8 Å². The number of aliphatic hydroxyl groups is 1. The lowest BCUT2D eigenvalue weighted by molar-refractivity contribution is 0.189. The lowest BCUT2D eigenvalue weighted by Gasteiger charge is -2.18. The number of rotatable bonds is 2. The fourth-order valence-electron chi connectivity index (χ4n) is 2.01. The summed E-state index contributed by atoms with van der Waals surface area (Å²) in [6.45, 7) is 2.17. The van der Waals surface area contributed by atoms with Crippen LogP contribution in [-0.4, -0.2) is 37.0 Å². The molecule has 1 heterocycles. The van der Waals surface area contributed by atoms with E-state index in [0.29, 0.717) is 28.7 Å². The molecule has 0 saturated carbocycles. The van der Waals surface area contributed by atoms with Crippen LogP contribution < -0.4 is 5.73 Å². The van der Waals surface area contributed by atoms with Crippen LogP contribution in [0.5, 0.6) is 0 Å². The van der Waals surface area contributed by atoms with Crippen LogP contribution in [0.4, 0.5) is 5.69 Å². The molecule has 5 nitrogen and oxygen atoms in total. The fourth-order valence-corrected chi connectivity index (χ4v) is 4.41. The molecule has 1 aromatic carbocycles. The van der Waals surface area contributed by atoms with Crippen molar-refractivity contribution < 1.29 is 13.5 Å². The van der Waals surface area contributed by atoms with Gasteiger partial charge in [-0.3, -0.25) is 0 Å². The number of sulfonamides is 1. The first-order valence-corrected chi connectivity index (χ1v) is 7.79. The van der Waals surface area contributed by atoms with Gasteiger partial charge in [-0.25, -0.2) is 8.42 Å². The number of β-amino-alcohol motifs (C(OH)–C–C–N with tert-alkyl or cyclic N) is 1. The van der Waals surface area contributed by atoms with Crippen molar-refractivity contribution >= 4 is 31.6 Å². The third-order valence-electron chi connectivity index (χ3n) is 3.11. The summed E-state index contributed by atoms with van der Waals surface area (Å²) in [5.74, 6) is 0.